The van der Waals surface area contributed by atoms with Crippen LogP contribution >= 0.6 is 0 Å². The molecule has 0 amide bonds. The minimum Gasteiger partial charge on any atom is -0.475 e. The number of carbonyl (C=O) groups is 1. The lowest BCUT2D eigenvalue weighted by atomic mass is 10.2. The quantitative estimate of drug-likeness (QED) is 0.888. The maximum absolute atomic E-state index is 13.0. The van der Waals surface area contributed by atoms with Gasteiger partial charge in [0, 0.05) is 5.56 Å². The Morgan fingerprint density at radius 3 is 2.82 bits per heavy atom. The van der Waals surface area contributed by atoms with Crippen molar-refractivity contribution in [1.82, 2.24) is 4.98 Å². The Kier molecular flexibility index (Phi) is 2.91. The summed E-state index contributed by atoms with van der Waals surface area (Å²) in [6, 6.07) is 5.67. The molecule has 0 atom stereocenters. The zero-order chi connectivity index (χ0) is 12.4. The van der Waals surface area contributed by atoms with E-state index in [4.69, 9.17) is 9.52 Å². The van der Waals surface area contributed by atoms with Gasteiger partial charge in [-0.3, -0.25) is 0 Å². The van der Waals surface area contributed by atoms with Crippen LogP contribution in [-0.4, -0.2) is 16.1 Å². The second-order valence-corrected chi connectivity index (χ2v) is 3.46. The van der Waals surface area contributed by atoms with Crippen molar-refractivity contribution in [2.24, 2.45) is 0 Å². The van der Waals surface area contributed by atoms with E-state index in [2.05, 4.69) is 4.98 Å². The van der Waals surface area contributed by atoms with Gasteiger partial charge in [-0.1, -0.05) is 13.0 Å². The Labute approximate surface area is 96.7 Å². The van der Waals surface area contributed by atoms with Gasteiger partial charge in [0.1, 0.15) is 5.82 Å². The van der Waals surface area contributed by atoms with Gasteiger partial charge in [-0.15, -0.1) is 0 Å². The van der Waals surface area contributed by atoms with Crippen molar-refractivity contribution < 1.29 is 18.7 Å². The summed E-state index contributed by atoms with van der Waals surface area (Å²) in [5.41, 5.74) is 0.781. The summed E-state index contributed by atoms with van der Waals surface area (Å²) < 4.78 is 18.1. The SMILES string of the molecule is CCc1nc(-c2cccc(F)c2)oc1C(=O)O. The highest BCUT2D eigenvalue weighted by Crippen LogP contribution is 2.23. The molecule has 4 nitrogen and oxygen atoms in total. The lowest BCUT2D eigenvalue weighted by molar-refractivity contribution is 0.0662. The van der Waals surface area contributed by atoms with Gasteiger partial charge >= 0.3 is 5.97 Å². The van der Waals surface area contributed by atoms with Crippen molar-refractivity contribution >= 4 is 5.97 Å². The topological polar surface area (TPSA) is 63.3 Å². The number of carboxylic acids is 1. The average Bonchev–Trinajstić information content (AvgIpc) is 2.73. The first-order valence-corrected chi connectivity index (χ1v) is 5.10. The van der Waals surface area contributed by atoms with Crippen LogP contribution in [0.15, 0.2) is 28.7 Å². The largest absolute Gasteiger partial charge is 0.475 e. The third-order valence-electron chi connectivity index (χ3n) is 2.30. The smallest absolute Gasteiger partial charge is 0.373 e. The number of rotatable bonds is 3. The molecule has 0 radical (unpaired) electrons. The number of aromatic carboxylic acids is 1. The minimum atomic E-state index is -1.17. The third kappa shape index (κ3) is 2.18. The Balaban J connectivity index is 2.50. The predicted octanol–water partition coefficient (Wildman–Crippen LogP) is 2.74. The molecule has 0 aliphatic carbocycles. The first kappa shape index (κ1) is 11.3. The molecule has 17 heavy (non-hydrogen) atoms. The molecule has 0 aliphatic heterocycles. The lowest BCUT2D eigenvalue weighted by Gasteiger charge is -1.94. The number of oxazole rings is 1. The van der Waals surface area contributed by atoms with Crippen LogP contribution in [0.5, 0.6) is 0 Å². The number of aryl methyl sites for hydroxylation is 1. The van der Waals surface area contributed by atoms with E-state index in [1.807, 2.05) is 0 Å². The second-order valence-electron chi connectivity index (χ2n) is 3.46. The summed E-state index contributed by atoms with van der Waals surface area (Å²) in [6.45, 7) is 1.78. The van der Waals surface area contributed by atoms with Crippen LogP contribution in [0.2, 0.25) is 0 Å². The Morgan fingerprint density at radius 2 is 2.29 bits per heavy atom. The highest BCUT2D eigenvalue weighted by atomic mass is 19.1. The summed E-state index contributed by atoms with van der Waals surface area (Å²) in [4.78, 5) is 14.9. The standard InChI is InChI=1S/C12H10FNO3/c1-2-9-10(12(15)16)17-11(14-9)7-4-3-5-8(13)6-7/h3-6H,2H2,1H3,(H,15,16). The van der Waals surface area contributed by atoms with Gasteiger partial charge in [0.05, 0.1) is 5.69 Å². The normalized spacial score (nSPS) is 10.5. The molecule has 1 aromatic carbocycles. The molecule has 0 unspecified atom stereocenters. The van der Waals surface area contributed by atoms with Gasteiger partial charge in [0.25, 0.3) is 0 Å². The molecule has 0 aliphatic rings. The average molecular weight is 235 g/mol. The van der Waals surface area contributed by atoms with Crippen LogP contribution in [0.3, 0.4) is 0 Å². The molecule has 2 rings (SSSR count). The van der Waals surface area contributed by atoms with E-state index in [-0.39, 0.29) is 11.7 Å². The van der Waals surface area contributed by atoms with Crippen molar-refractivity contribution in [3.05, 3.63) is 41.5 Å². The van der Waals surface area contributed by atoms with Crippen molar-refractivity contribution in [3.8, 4) is 11.5 Å². The van der Waals surface area contributed by atoms with Gasteiger partial charge in [0.15, 0.2) is 0 Å². The lowest BCUT2D eigenvalue weighted by Crippen LogP contribution is -1.98. The van der Waals surface area contributed by atoms with E-state index >= 15 is 0 Å². The van der Waals surface area contributed by atoms with Crippen LogP contribution in [-0.2, 0) is 6.42 Å². The number of carboxylic acid groups (broad SMARTS) is 1. The highest BCUT2D eigenvalue weighted by Gasteiger charge is 2.18. The molecule has 1 N–H and O–H groups in total. The number of halogens is 1. The summed E-state index contributed by atoms with van der Waals surface area (Å²) in [7, 11) is 0. The van der Waals surface area contributed by atoms with E-state index in [1.54, 1.807) is 13.0 Å². The van der Waals surface area contributed by atoms with Gasteiger partial charge in [-0.2, -0.15) is 0 Å². The van der Waals surface area contributed by atoms with Crippen molar-refractivity contribution in [1.29, 1.82) is 0 Å². The minimum absolute atomic E-state index is 0.124. The monoisotopic (exact) mass is 235 g/mol. The molecule has 0 fully saturated rings. The van der Waals surface area contributed by atoms with E-state index in [1.165, 1.54) is 18.2 Å². The molecule has 88 valence electrons. The number of aromatic nitrogens is 1. The van der Waals surface area contributed by atoms with Crippen LogP contribution in [0, 0.1) is 5.82 Å². The Morgan fingerprint density at radius 1 is 1.53 bits per heavy atom. The highest BCUT2D eigenvalue weighted by molar-refractivity contribution is 5.86. The van der Waals surface area contributed by atoms with Crippen LogP contribution in [0.4, 0.5) is 4.39 Å². The molecule has 2 aromatic rings. The molecule has 1 aromatic heterocycles. The van der Waals surface area contributed by atoms with Crippen LogP contribution in [0.1, 0.15) is 23.2 Å². The summed E-state index contributed by atoms with van der Waals surface area (Å²) in [6.07, 6.45) is 0.445. The molecule has 0 saturated heterocycles. The number of nitrogens with zero attached hydrogens (tertiary/aromatic N) is 1. The Hall–Kier alpha value is -2.17. The maximum atomic E-state index is 13.0. The summed E-state index contributed by atoms with van der Waals surface area (Å²) in [5, 5.41) is 8.90. The molecular formula is C12H10FNO3. The fraction of sp³-hybridized carbons (Fsp3) is 0.167. The fourth-order valence-corrected chi connectivity index (χ4v) is 1.50. The van der Waals surface area contributed by atoms with E-state index < -0.39 is 11.8 Å². The van der Waals surface area contributed by atoms with Gasteiger partial charge < -0.3 is 9.52 Å². The predicted molar refractivity (Wildman–Crippen MR) is 58.2 cm³/mol. The van der Waals surface area contributed by atoms with Gasteiger partial charge in [-0.05, 0) is 24.6 Å². The fourth-order valence-electron chi connectivity index (χ4n) is 1.50. The third-order valence-corrected chi connectivity index (χ3v) is 2.30. The van der Waals surface area contributed by atoms with Crippen molar-refractivity contribution in [3.63, 3.8) is 0 Å². The van der Waals surface area contributed by atoms with Gasteiger partial charge in [0.2, 0.25) is 11.7 Å². The van der Waals surface area contributed by atoms with Crippen LogP contribution in [0.25, 0.3) is 11.5 Å². The molecule has 0 saturated carbocycles. The number of hydrogen-bond donors (Lipinski definition) is 1. The summed E-state index contributed by atoms with van der Waals surface area (Å²) >= 11 is 0. The second kappa shape index (κ2) is 4.37. The molecule has 0 spiro atoms. The Bertz CT molecular complexity index is 563. The molecule has 0 bridgehead atoms. The molecule has 1 heterocycles. The first-order chi connectivity index (χ1) is 8.11. The van der Waals surface area contributed by atoms with Crippen molar-refractivity contribution in [2.75, 3.05) is 0 Å². The number of hydrogen-bond acceptors (Lipinski definition) is 3. The zero-order valence-corrected chi connectivity index (χ0v) is 9.11. The van der Waals surface area contributed by atoms with E-state index in [9.17, 15) is 9.18 Å². The zero-order valence-electron chi connectivity index (χ0n) is 9.11. The molecular weight excluding hydrogens is 225 g/mol. The van der Waals surface area contributed by atoms with Crippen molar-refractivity contribution in [2.45, 2.75) is 13.3 Å². The maximum Gasteiger partial charge on any atom is 0.373 e. The summed E-state index contributed by atoms with van der Waals surface area (Å²) in [5.74, 6) is -1.65. The number of benzene rings is 1. The first-order valence-electron chi connectivity index (χ1n) is 5.10. The van der Waals surface area contributed by atoms with E-state index in [0.717, 1.165) is 0 Å². The van der Waals surface area contributed by atoms with Crippen LogP contribution < -0.4 is 0 Å². The van der Waals surface area contributed by atoms with Gasteiger partial charge in [-0.25, -0.2) is 14.2 Å². The molecule has 5 heteroatoms. The van der Waals surface area contributed by atoms with E-state index in [0.29, 0.717) is 17.7 Å².